The van der Waals surface area contributed by atoms with Gasteiger partial charge < -0.3 is 14.7 Å². The van der Waals surface area contributed by atoms with E-state index in [9.17, 15) is 4.79 Å². The number of urea groups is 1. The quantitative estimate of drug-likeness (QED) is 0.667. The summed E-state index contributed by atoms with van der Waals surface area (Å²) in [6, 6.07) is 15.0. The van der Waals surface area contributed by atoms with E-state index in [1.807, 2.05) is 43.3 Å². The smallest absolute Gasteiger partial charge is 0.321 e. The Morgan fingerprint density at radius 3 is 2.93 bits per heavy atom. The highest BCUT2D eigenvalue weighted by Gasteiger charge is 2.28. The van der Waals surface area contributed by atoms with Crippen molar-refractivity contribution in [3.8, 4) is 11.4 Å². The number of anilines is 1. The van der Waals surface area contributed by atoms with Gasteiger partial charge in [0.2, 0.25) is 11.7 Å². The van der Waals surface area contributed by atoms with Gasteiger partial charge in [-0.05, 0) is 44.0 Å². The van der Waals surface area contributed by atoms with Crippen molar-refractivity contribution < 1.29 is 9.32 Å². The molecule has 6 nitrogen and oxygen atoms in total. The van der Waals surface area contributed by atoms with Crippen molar-refractivity contribution in [2.75, 3.05) is 18.4 Å². The first-order chi connectivity index (χ1) is 13.6. The van der Waals surface area contributed by atoms with Gasteiger partial charge in [0.05, 0.1) is 5.92 Å². The van der Waals surface area contributed by atoms with Gasteiger partial charge in [0.25, 0.3) is 0 Å². The molecule has 0 spiro atoms. The number of nitrogens with one attached hydrogen (secondary N) is 1. The van der Waals surface area contributed by atoms with E-state index in [4.69, 9.17) is 16.1 Å². The maximum Gasteiger partial charge on any atom is 0.321 e. The summed E-state index contributed by atoms with van der Waals surface area (Å²) in [5.41, 5.74) is 2.76. The van der Waals surface area contributed by atoms with Crippen molar-refractivity contribution >= 4 is 23.3 Å². The zero-order valence-electron chi connectivity index (χ0n) is 15.6. The fraction of sp³-hybridized carbons (Fsp3) is 0.286. The van der Waals surface area contributed by atoms with Crippen molar-refractivity contribution in [1.82, 2.24) is 15.0 Å². The van der Waals surface area contributed by atoms with E-state index in [0.717, 1.165) is 24.0 Å². The van der Waals surface area contributed by atoms with Gasteiger partial charge in [-0.3, -0.25) is 0 Å². The summed E-state index contributed by atoms with van der Waals surface area (Å²) < 4.78 is 5.52. The molecule has 0 radical (unpaired) electrons. The number of likely N-dealkylation sites (tertiary alicyclic amines) is 1. The normalized spacial score (nSPS) is 16.8. The molecule has 2 amide bonds. The largest absolute Gasteiger partial charge is 0.339 e. The predicted molar refractivity (Wildman–Crippen MR) is 108 cm³/mol. The Morgan fingerprint density at radius 2 is 2.11 bits per heavy atom. The minimum Gasteiger partial charge on any atom is -0.339 e. The summed E-state index contributed by atoms with van der Waals surface area (Å²) in [4.78, 5) is 19.0. The highest BCUT2D eigenvalue weighted by molar-refractivity contribution is 6.30. The monoisotopic (exact) mass is 396 g/mol. The highest BCUT2D eigenvalue weighted by atomic mass is 35.5. The number of aromatic nitrogens is 2. The van der Waals surface area contributed by atoms with Gasteiger partial charge in [0.15, 0.2) is 0 Å². The lowest BCUT2D eigenvalue weighted by Crippen LogP contribution is -2.41. The van der Waals surface area contributed by atoms with Crippen molar-refractivity contribution in [3.63, 3.8) is 0 Å². The summed E-state index contributed by atoms with van der Waals surface area (Å²) in [5, 5.41) is 7.61. The first-order valence-corrected chi connectivity index (χ1v) is 9.68. The first-order valence-electron chi connectivity index (χ1n) is 9.30. The van der Waals surface area contributed by atoms with Crippen LogP contribution in [0.3, 0.4) is 0 Å². The molecule has 2 aromatic carbocycles. The lowest BCUT2D eigenvalue weighted by molar-refractivity contribution is 0.184. The zero-order valence-corrected chi connectivity index (χ0v) is 16.3. The van der Waals surface area contributed by atoms with Crippen LogP contribution in [0.5, 0.6) is 0 Å². The van der Waals surface area contributed by atoms with E-state index in [1.165, 1.54) is 0 Å². The molecular formula is C21H21ClN4O2. The lowest BCUT2D eigenvalue weighted by Gasteiger charge is -2.31. The number of nitrogens with zero attached hydrogens (tertiary/aromatic N) is 3. The van der Waals surface area contributed by atoms with E-state index < -0.39 is 0 Å². The predicted octanol–water partition coefficient (Wildman–Crippen LogP) is 5.11. The number of rotatable bonds is 3. The number of carbonyl (C=O) groups is 1. The van der Waals surface area contributed by atoms with Gasteiger partial charge >= 0.3 is 6.03 Å². The van der Waals surface area contributed by atoms with Crippen LogP contribution in [0.2, 0.25) is 5.02 Å². The molecule has 1 aliphatic heterocycles. The zero-order chi connectivity index (χ0) is 19.5. The van der Waals surface area contributed by atoms with Crippen LogP contribution in [0.1, 0.15) is 30.2 Å². The van der Waals surface area contributed by atoms with E-state index in [-0.39, 0.29) is 11.9 Å². The third-order valence-corrected chi connectivity index (χ3v) is 5.09. The van der Waals surface area contributed by atoms with Crippen LogP contribution in [0.15, 0.2) is 53.1 Å². The average molecular weight is 397 g/mol. The van der Waals surface area contributed by atoms with Gasteiger partial charge in [-0.1, -0.05) is 46.6 Å². The van der Waals surface area contributed by atoms with Crippen LogP contribution < -0.4 is 5.32 Å². The van der Waals surface area contributed by atoms with Crippen molar-refractivity contribution in [3.05, 3.63) is 65.0 Å². The van der Waals surface area contributed by atoms with Gasteiger partial charge in [-0.15, -0.1) is 0 Å². The number of carbonyl (C=O) groups excluding carboxylic acids is 1. The maximum atomic E-state index is 12.6. The van der Waals surface area contributed by atoms with E-state index in [0.29, 0.717) is 35.5 Å². The van der Waals surface area contributed by atoms with Crippen molar-refractivity contribution in [2.24, 2.45) is 0 Å². The molecule has 1 unspecified atom stereocenters. The molecular weight excluding hydrogens is 376 g/mol. The summed E-state index contributed by atoms with van der Waals surface area (Å²) in [6.45, 7) is 3.27. The molecule has 4 rings (SSSR count). The number of amides is 2. The van der Waals surface area contributed by atoms with Gasteiger partial charge in [0, 0.05) is 29.4 Å². The number of hydrogen-bond donors (Lipinski definition) is 1. The van der Waals surface area contributed by atoms with Crippen LogP contribution in [0.25, 0.3) is 11.4 Å². The second-order valence-electron chi connectivity index (χ2n) is 7.05. The Balaban J connectivity index is 1.44. The standard InChI is InChI=1S/C21H21ClN4O2/c1-14-5-2-6-15(11-14)19-24-20(28-25-19)16-7-4-10-26(13-16)21(27)23-18-9-3-8-17(22)12-18/h2-3,5-6,8-9,11-12,16H,4,7,10,13H2,1H3,(H,23,27). The summed E-state index contributed by atoms with van der Waals surface area (Å²) >= 11 is 5.99. The Labute approximate surface area is 168 Å². The number of aryl methyl sites for hydroxylation is 1. The third-order valence-electron chi connectivity index (χ3n) is 4.85. The maximum absolute atomic E-state index is 12.6. The third kappa shape index (κ3) is 4.17. The second kappa shape index (κ2) is 8.02. The number of piperidine rings is 1. The van der Waals surface area contributed by atoms with Gasteiger partial charge in [0.1, 0.15) is 0 Å². The van der Waals surface area contributed by atoms with Gasteiger partial charge in [-0.2, -0.15) is 4.98 Å². The Hall–Kier alpha value is -2.86. The number of hydrogen-bond acceptors (Lipinski definition) is 4. The molecule has 28 heavy (non-hydrogen) atoms. The Kier molecular flexibility index (Phi) is 5.30. The number of halogens is 1. The molecule has 1 aliphatic rings. The molecule has 1 aromatic heterocycles. The molecule has 7 heteroatoms. The molecule has 1 N–H and O–H groups in total. The van der Waals surface area contributed by atoms with E-state index in [1.54, 1.807) is 17.0 Å². The van der Waals surface area contributed by atoms with Crippen LogP contribution in [0, 0.1) is 6.92 Å². The topological polar surface area (TPSA) is 71.3 Å². The first kappa shape index (κ1) is 18.5. The molecule has 0 bridgehead atoms. The average Bonchev–Trinajstić information content (AvgIpc) is 3.18. The summed E-state index contributed by atoms with van der Waals surface area (Å²) in [6.07, 6.45) is 1.80. The van der Waals surface area contributed by atoms with Crippen LogP contribution in [-0.2, 0) is 0 Å². The molecule has 1 fully saturated rings. The highest BCUT2D eigenvalue weighted by Crippen LogP contribution is 2.28. The molecule has 1 atom stereocenters. The minimum absolute atomic E-state index is 0.0323. The van der Waals surface area contributed by atoms with Crippen LogP contribution in [0.4, 0.5) is 10.5 Å². The molecule has 0 saturated carbocycles. The van der Waals surface area contributed by atoms with Crippen molar-refractivity contribution in [2.45, 2.75) is 25.7 Å². The Bertz CT molecular complexity index is 988. The minimum atomic E-state index is -0.148. The summed E-state index contributed by atoms with van der Waals surface area (Å²) in [7, 11) is 0. The molecule has 2 heterocycles. The number of benzene rings is 2. The van der Waals surface area contributed by atoms with Crippen molar-refractivity contribution in [1.29, 1.82) is 0 Å². The lowest BCUT2D eigenvalue weighted by atomic mass is 9.98. The fourth-order valence-electron chi connectivity index (χ4n) is 3.43. The van der Waals surface area contributed by atoms with E-state index >= 15 is 0 Å². The second-order valence-corrected chi connectivity index (χ2v) is 7.49. The van der Waals surface area contributed by atoms with Gasteiger partial charge in [-0.25, -0.2) is 4.79 Å². The molecule has 144 valence electrons. The SMILES string of the molecule is Cc1cccc(-c2noc(C3CCCN(C(=O)Nc4cccc(Cl)c4)C3)n2)c1. The summed E-state index contributed by atoms with van der Waals surface area (Å²) in [5.74, 6) is 1.20. The Morgan fingerprint density at radius 1 is 1.25 bits per heavy atom. The fourth-order valence-corrected chi connectivity index (χ4v) is 3.62. The molecule has 0 aliphatic carbocycles. The van der Waals surface area contributed by atoms with E-state index in [2.05, 4.69) is 15.5 Å². The molecule has 3 aromatic rings. The molecule has 1 saturated heterocycles. The van der Waals surface area contributed by atoms with Crippen LogP contribution >= 0.6 is 11.6 Å². The van der Waals surface area contributed by atoms with Crippen LogP contribution in [-0.4, -0.2) is 34.2 Å².